The molecule has 2 rings (SSSR count). The molecule has 0 bridgehead atoms. The number of halogens is 1. The molecule has 0 unspecified atom stereocenters. The van der Waals surface area contributed by atoms with Crippen molar-refractivity contribution in [2.75, 3.05) is 14.2 Å². The van der Waals surface area contributed by atoms with Gasteiger partial charge in [0, 0.05) is 18.1 Å². The Morgan fingerprint density at radius 3 is 2.44 bits per heavy atom. The summed E-state index contributed by atoms with van der Waals surface area (Å²) in [4.78, 5) is 16.9. The number of nitrogens with zero attached hydrogens (tertiary/aromatic N) is 1. The number of carbonyl (C=O) groups is 1. The third kappa shape index (κ3) is 3.85. The number of ether oxygens (including phenoxy) is 2. The third-order valence-corrected chi connectivity index (χ3v) is 3.58. The Morgan fingerprint density at radius 2 is 1.84 bits per heavy atom. The van der Waals surface area contributed by atoms with Crippen LogP contribution in [0.3, 0.4) is 0 Å². The summed E-state index contributed by atoms with van der Waals surface area (Å²) in [6.07, 6.45) is 0. The van der Waals surface area contributed by atoms with Gasteiger partial charge in [0.15, 0.2) is 23.2 Å². The predicted molar refractivity (Wildman–Crippen MR) is 93.6 cm³/mol. The molecule has 0 radical (unpaired) electrons. The highest BCUT2D eigenvalue weighted by molar-refractivity contribution is 6.12. The number of ketones is 1. The van der Waals surface area contributed by atoms with Crippen molar-refractivity contribution in [1.29, 1.82) is 0 Å². The van der Waals surface area contributed by atoms with Crippen LogP contribution < -0.4 is 4.74 Å². The molecule has 0 atom stereocenters. The summed E-state index contributed by atoms with van der Waals surface area (Å²) in [5.41, 5.74) is 0.464. The molecule has 25 heavy (non-hydrogen) atoms. The van der Waals surface area contributed by atoms with Crippen LogP contribution in [0.5, 0.6) is 11.5 Å². The second-order valence-electron chi connectivity index (χ2n) is 5.16. The van der Waals surface area contributed by atoms with Crippen LogP contribution in [0.25, 0.3) is 5.70 Å². The molecule has 5 nitrogen and oxygen atoms in total. The van der Waals surface area contributed by atoms with E-state index >= 15 is 0 Å². The number of rotatable bonds is 5. The summed E-state index contributed by atoms with van der Waals surface area (Å²) >= 11 is 0. The topological polar surface area (TPSA) is 68.1 Å². The molecular formula is C19H18FNO4. The Balaban J connectivity index is 2.64. The molecule has 130 valence electrons. The van der Waals surface area contributed by atoms with Gasteiger partial charge in [-0.2, -0.15) is 0 Å². The lowest BCUT2D eigenvalue weighted by molar-refractivity contribution is 0.103. The van der Waals surface area contributed by atoms with Crippen LogP contribution in [0.1, 0.15) is 28.4 Å². The van der Waals surface area contributed by atoms with Gasteiger partial charge >= 0.3 is 0 Å². The predicted octanol–water partition coefficient (Wildman–Crippen LogP) is 3.81. The number of hydrogen-bond acceptors (Lipinski definition) is 5. The van der Waals surface area contributed by atoms with Crippen molar-refractivity contribution in [3.8, 4) is 11.5 Å². The van der Waals surface area contributed by atoms with Crippen LogP contribution in [0, 0.1) is 5.82 Å². The van der Waals surface area contributed by atoms with Crippen LogP contribution >= 0.6 is 0 Å². The smallest absolute Gasteiger partial charge is 0.196 e. The Labute approximate surface area is 145 Å². The monoisotopic (exact) mass is 343 g/mol. The van der Waals surface area contributed by atoms with Gasteiger partial charge in [-0.3, -0.25) is 4.79 Å². The maximum Gasteiger partial charge on any atom is 0.196 e. The summed E-state index contributed by atoms with van der Waals surface area (Å²) in [6.45, 7) is 5.45. The zero-order chi connectivity index (χ0) is 18.6. The molecule has 2 aromatic carbocycles. The van der Waals surface area contributed by atoms with E-state index < -0.39 is 11.6 Å². The van der Waals surface area contributed by atoms with Gasteiger partial charge in [0.1, 0.15) is 5.82 Å². The number of phenolic OH excluding ortho intramolecular Hbond substituents is 1. The number of phenols is 1. The maximum absolute atomic E-state index is 14.0. The Hall–Kier alpha value is -3.15. The van der Waals surface area contributed by atoms with Crippen LogP contribution in [0.15, 0.2) is 48.0 Å². The SMILES string of the molecule is C=C(N=C(C)OC)c1cc(OC)c(O)cc1C(=O)c1ccccc1F. The van der Waals surface area contributed by atoms with Crippen molar-refractivity contribution >= 4 is 17.4 Å². The van der Waals surface area contributed by atoms with E-state index in [-0.39, 0.29) is 28.3 Å². The molecule has 0 fully saturated rings. The zero-order valence-corrected chi connectivity index (χ0v) is 14.2. The zero-order valence-electron chi connectivity index (χ0n) is 14.2. The van der Waals surface area contributed by atoms with Crippen LogP contribution in [-0.2, 0) is 4.74 Å². The number of methoxy groups -OCH3 is 2. The van der Waals surface area contributed by atoms with E-state index in [1.165, 1.54) is 44.6 Å². The third-order valence-electron chi connectivity index (χ3n) is 3.58. The standard InChI is InChI=1S/C19H18FNO4/c1-11(21-12(2)24-3)14-10-18(25-4)17(22)9-15(14)19(23)13-7-5-6-8-16(13)20/h5-10,22H,1H2,2-4H3. The number of carbonyl (C=O) groups excluding carboxylic acids is 1. The molecule has 0 aliphatic heterocycles. The highest BCUT2D eigenvalue weighted by Gasteiger charge is 2.21. The van der Waals surface area contributed by atoms with E-state index in [4.69, 9.17) is 9.47 Å². The molecule has 0 aromatic heterocycles. The van der Waals surface area contributed by atoms with Crippen molar-refractivity contribution in [3.63, 3.8) is 0 Å². The van der Waals surface area contributed by atoms with Gasteiger partial charge in [-0.25, -0.2) is 9.38 Å². The Bertz CT molecular complexity index is 858. The molecule has 0 spiro atoms. The van der Waals surface area contributed by atoms with Gasteiger partial charge < -0.3 is 14.6 Å². The van der Waals surface area contributed by atoms with E-state index in [0.717, 1.165) is 0 Å². The first kappa shape index (κ1) is 18.2. The van der Waals surface area contributed by atoms with Crippen LogP contribution in [-0.4, -0.2) is 31.0 Å². The number of hydrogen-bond donors (Lipinski definition) is 1. The minimum atomic E-state index is -0.657. The molecule has 1 N–H and O–H groups in total. The second-order valence-corrected chi connectivity index (χ2v) is 5.16. The molecular weight excluding hydrogens is 325 g/mol. The Kier molecular flexibility index (Phi) is 5.54. The number of aliphatic imine (C=N–C) groups is 1. The maximum atomic E-state index is 14.0. The molecule has 0 saturated carbocycles. The summed E-state index contributed by atoms with van der Waals surface area (Å²) < 4.78 is 24.1. The fourth-order valence-corrected chi connectivity index (χ4v) is 2.24. The second kappa shape index (κ2) is 7.61. The van der Waals surface area contributed by atoms with Gasteiger partial charge in [-0.05, 0) is 24.3 Å². The lowest BCUT2D eigenvalue weighted by atomic mass is 9.96. The van der Waals surface area contributed by atoms with Crippen molar-refractivity contribution in [3.05, 3.63) is 65.5 Å². The van der Waals surface area contributed by atoms with Gasteiger partial charge in [-0.15, -0.1) is 0 Å². The molecule has 0 aliphatic carbocycles. The van der Waals surface area contributed by atoms with Gasteiger partial charge in [0.25, 0.3) is 0 Å². The lowest BCUT2D eigenvalue weighted by Gasteiger charge is -2.13. The first-order valence-corrected chi connectivity index (χ1v) is 7.37. The van der Waals surface area contributed by atoms with Crippen LogP contribution in [0.2, 0.25) is 0 Å². The largest absolute Gasteiger partial charge is 0.504 e. The minimum Gasteiger partial charge on any atom is -0.504 e. The molecule has 0 heterocycles. The summed E-state index contributed by atoms with van der Waals surface area (Å²) in [5.74, 6) is -1.02. The molecule has 0 amide bonds. The summed E-state index contributed by atoms with van der Waals surface area (Å²) in [6, 6.07) is 8.25. The fraction of sp³-hybridized carbons (Fsp3) is 0.158. The van der Waals surface area contributed by atoms with Crippen LogP contribution in [0.4, 0.5) is 4.39 Å². The summed E-state index contributed by atoms with van der Waals surface area (Å²) in [5, 5.41) is 10.0. The molecule has 0 saturated heterocycles. The van der Waals surface area contributed by atoms with E-state index in [1.807, 2.05) is 0 Å². The molecule has 2 aromatic rings. The highest BCUT2D eigenvalue weighted by atomic mass is 19.1. The average Bonchev–Trinajstić information content (AvgIpc) is 2.61. The molecule has 0 aliphatic rings. The molecule has 6 heteroatoms. The van der Waals surface area contributed by atoms with Crippen molar-refractivity contribution in [1.82, 2.24) is 0 Å². The van der Waals surface area contributed by atoms with E-state index in [1.54, 1.807) is 13.0 Å². The minimum absolute atomic E-state index is 0.0565. The van der Waals surface area contributed by atoms with Crippen molar-refractivity contribution < 1.29 is 23.8 Å². The van der Waals surface area contributed by atoms with Gasteiger partial charge in [0.05, 0.1) is 25.5 Å². The van der Waals surface area contributed by atoms with Crippen molar-refractivity contribution in [2.45, 2.75) is 6.92 Å². The van der Waals surface area contributed by atoms with Gasteiger partial charge in [0.2, 0.25) is 0 Å². The van der Waals surface area contributed by atoms with Crippen molar-refractivity contribution in [2.24, 2.45) is 4.99 Å². The Morgan fingerprint density at radius 1 is 1.16 bits per heavy atom. The number of benzene rings is 2. The highest BCUT2D eigenvalue weighted by Crippen LogP contribution is 2.34. The quantitative estimate of drug-likeness (QED) is 0.509. The summed E-state index contributed by atoms with van der Waals surface area (Å²) in [7, 11) is 2.83. The van der Waals surface area contributed by atoms with E-state index in [2.05, 4.69) is 11.6 Å². The first-order chi connectivity index (χ1) is 11.9. The van der Waals surface area contributed by atoms with Gasteiger partial charge in [-0.1, -0.05) is 18.7 Å². The van der Waals surface area contributed by atoms with E-state index in [9.17, 15) is 14.3 Å². The lowest BCUT2D eigenvalue weighted by Crippen LogP contribution is -2.08. The normalized spacial score (nSPS) is 11.1. The fourth-order valence-electron chi connectivity index (χ4n) is 2.24. The first-order valence-electron chi connectivity index (χ1n) is 7.37. The van der Waals surface area contributed by atoms with E-state index in [0.29, 0.717) is 11.5 Å². The number of aromatic hydroxyl groups is 1. The average molecular weight is 343 g/mol.